The van der Waals surface area contributed by atoms with Crippen molar-refractivity contribution >= 4 is 62.2 Å². The molecule has 0 radical (unpaired) electrons. The number of nitrogens with one attached hydrogen (secondary N) is 1. The lowest BCUT2D eigenvalue weighted by Crippen LogP contribution is -2.29. The molecule has 0 aliphatic heterocycles. The first kappa shape index (κ1) is 23.3. The minimum absolute atomic E-state index is 0.243. The first-order valence-electron chi connectivity index (χ1n) is 10.1. The van der Waals surface area contributed by atoms with Gasteiger partial charge in [-0.05, 0) is 42.3 Å². The van der Waals surface area contributed by atoms with E-state index >= 15 is 0 Å². The number of carbonyl (C=O) groups is 1. The maximum Gasteiger partial charge on any atom is 0.266 e. The summed E-state index contributed by atoms with van der Waals surface area (Å²) < 4.78 is 24.8. The van der Waals surface area contributed by atoms with Crippen LogP contribution in [0.5, 0.6) is 0 Å². The molecule has 33 heavy (non-hydrogen) atoms. The van der Waals surface area contributed by atoms with Crippen LogP contribution in [-0.2, 0) is 15.7 Å². The van der Waals surface area contributed by atoms with Crippen molar-refractivity contribution < 1.29 is 13.6 Å². The molecule has 0 spiro atoms. The molecule has 2 N–H and O–H groups in total. The zero-order valence-electron chi connectivity index (χ0n) is 17.7. The number of hydrogen-bond acceptors (Lipinski definition) is 4. The van der Waals surface area contributed by atoms with Gasteiger partial charge in [0.05, 0.1) is 28.5 Å². The number of halogens is 1. The van der Waals surface area contributed by atoms with Crippen LogP contribution in [0.15, 0.2) is 79.1 Å². The summed E-state index contributed by atoms with van der Waals surface area (Å²) in [6, 6.07) is 19.9. The van der Waals surface area contributed by atoms with E-state index in [1.165, 1.54) is 10.5 Å². The van der Waals surface area contributed by atoms with E-state index in [-0.39, 0.29) is 17.5 Å². The fraction of sp³-hybridized carbons (Fsp3) is 0.125. The van der Waals surface area contributed by atoms with E-state index in [0.717, 1.165) is 11.1 Å². The molecule has 4 rings (SSSR count). The average molecular weight is 572 g/mol. The number of fused-ring (bicyclic) bond motifs is 1. The summed E-state index contributed by atoms with van der Waals surface area (Å²) in [5.74, 6) is -0.344. The zero-order chi connectivity index (χ0) is 23.4. The van der Waals surface area contributed by atoms with Gasteiger partial charge >= 0.3 is 0 Å². The molecular weight excluding hydrogens is 551 g/mol. The summed E-state index contributed by atoms with van der Waals surface area (Å²) in [6.07, 6.45) is 3.09. The third-order valence-corrected chi connectivity index (χ3v) is 6.77. The molecule has 4 aromatic rings. The molecule has 1 heterocycles. The molecular formula is C24H21IN4O3S. The highest BCUT2D eigenvalue weighted by atomic mass is 127. The quantitative estimate of drug-likeness (QED) is 0.177. The van der Waals surface area contributed by atoms with Gasteiger partial charge in [0, 0.05) is 16.8 Å². The second kappa shape index (κ2) is 10.4. The van der Waals surface area contributed by atoms with Crippen LogP contribution in [0.25, 0.3) is 11.0 Å². The van der Waals surface area contributed by atoms with Crippen LogP contribution in [-0.4, -0.2) is 24.6 Å². The second-order valence-corrected chi connectivity index (χ2v) is 8.91. The normalized spacial score (nSPS) is 12.8. The molecule has 168 valence electrons. The van der Waals surface area contributed by atoms with E-state index in [4.69, 9.17) is 0 Å². The van der Waals surface area contributed by atoms with E-state index in [9.17, 15) is 13.6 Å². The van der Waals surface area contributed by atoms with Gasteiger partial charge in [-0.15, -0.1) is 0 Å². The van der Waals surface area contributed by atoms with E-state index in [2.05, 4.69) is 37.9 Å². The fourth-order valence-corrected chi connectivity index (χ4v) is 4.67. The van der Waals surface area contributed by atoms with Gasteiger partial charge in [0.1, 0.15) is 5.52 Å². The minimum Gasteiger partial charge on any atom is -0.345 e. The van der Waals surface area contributed by atoms with Crippen molar-refractivity contribution in [2.75, 3.05) is 4.31 Å². The van der Waals surface area contributed by atoms with Gasteiger partial charge in [-0.25, -0.2) is 8.51 Å². The lowest BCUT2D eigenvalue weighted by Gasteiger charge is -2.24. The fourth-order valence-electron chi connectivity index (χ4n) is 3.56. The first-order valence-corrected chi connectivity index (χ1v) is 12.7. The molecule has 0 aliphatic rings. The lowest BCUT2D eigenvalue weighted by molar-refractivity contribution is 0.0940. The Labute approximate surface area is 207 Å². The summed E-state index contributed by atoms with van der Waals surface area (Å²) in [5.41, 5.74) is 3.92. The van der Waals surface area contributed by atoms with Crippen LogP contribution in [0, 0.1) is 0 Å². The number of para-hydroxylation sites is 1. The number of amides is 1. The number of hydrogen-bond donors (Lipinski definition) is 2. The molecule has 9 heteroatoms. The lowest BCUT2D eigenvalue weighted by atomic mass is 10.1. The molecule has 0 bridgehead atoms. The molecule has 0 saturated heterocycles. The van der Waals surface area contributed by atoms with Crippen molar-refractivity contribution in [1.29, 1.82) is 0 Å². The first-order chi connectivity index (χ1) is 16.0. The Balaban J connectivity index is 1.81. The number of benzene rings is 3. The van der Waals surface area contributed by atoms with Crippen molar-refractivity contribution in [3.05, 3.63) is 95.8 Å². The summed E-state index contributed by atoms with van der Waals surface area (Å²) in [5, 5.41) is 3.00. The number of rotatable bonds is 7. The van der Waals surface area contributed by atoms with Crippen LogP contribution >= 0.6 is 22.6 Å². The third kappa shape index (κ3) is 5.05. The topological polar surface area (TPSA) is 95.4 Å². The van der Waals surface area contributed by atoms with Crippen molar-refractivity contribution in [1.82, 2.24) is 15.3 Å². The van der Waals surface area contributed by atoms with Gasteiger partial charge in [0.2, 0.25) is 0 Å². The Bertz CT molecular complexity index is 1310. The van der Waals surface area contributed by atoms with Crippen molar-refractivity contribution in [2.24, 2.45) is 0 Å². The Hall–Kier alpha value is -2.89. The van der Waals surface area contributed by atoms with Crippen LogP contribution in [0.1, 0.15) is 34.5 Å². The van der Waals surface area contributed by atoms with E-state index in [1.54, 1.807) is 36.5 Å². The standard InChI is InChI=1S/C24H21IN4O3S/c1-16(18-6-3-2-4-7-18)28-24(30)19-11-10-17(15-25)14-22(19)29(33(31)32)21-9-5-8-20-23(21)27-13-12-26-20/h2-14,16H,15H2,1H3,(H,28,30)(H,31,32). The smallest absolute Gasteiger partial charge is 0.266 e. The Morgan fingerprint density at radius 3 is 2.55 bits per heavy atom. The number of nitrogens with zero attached hydrogens (tertiary/aromatic N) is 3. The van der Waals surface area contributed by atoms with Crippen molar-refractivity contribution in [3.63, 3.8) is 0 Å². The minimum atomic E-state index is -2.46. The average Bonchev–Trinajstić information content (AvgIpc) is 2.84. The van der Waals surface area contributed by atoms with E-state index < -0.39 is 11.3 Å². The van der Waals surface area contributed by atoms with Crippen LogP contribution in [0.3, 0.4) is 0 Å². The maximum absolute atomic E-state index is 13.3. The van der Waals surface area contributed by atoms with Gasteiger partial charge < -0.3 is 5.32 Å². The zero-order valence-corrected chi connectivity index (χ0v) is 20.7. The number of aromatic nitrogens is 2. The van der Waals surface area contributed by atoms with Crippen LogP contribution < -0.4 is 9.62 Å². The summed E-state index contributed by atoms with van der Waals surface area (Å²) in [6.45, 7) is 1.90. The number of carbonyl (C=O) groups excluding carboxylic acids is 1. The van der Waals surface area contributed by atoms with Crippen LogP contribution in [0.4, 0.5) is 11.4 Å². The molecule has 2 unspecified atom stereocenters. The van der Waals surface area contributed by atoms with Crippen molar-refractivity contribution in [3.8, 4) is 0 Å². The molecule has 7 nitrogen and oxygen atoms in total. The van der Waals surface area contributed by atoms with Gasteiger partial charge in [0.25, 0.3) is 17.2 Å². The number of anilines is 2. The summed E-state index contributed by atoms with van der Waals surface area (Å²) in [7, 11) is 0. The molecule has 1 amide bonds. The molecule has 1 aromatic heterocycles. The molecule has 2 atom stereocenters. The molecule has 0 fully saturated rings. The van der Waals surface area contributed by atoms with Gasteiger partial charge in [-0.2, -0.15) is 0 Å². The van der Waals surface area contributed by atoms with Gasteiger partial charge in [-0.1, -0.05) is 65.1 Å². The Morgan fingerprint density at radius 2 is 1.82 bits per heavy atom. The monoisotopic (exact) mass is 572 g/mol. The second-order valence-electron chi connectivity index (χ2n) is 7.32. The molecule has 3 aromatic carbocycles. The maximum atomic E-state index is 13.3. The highest BCUT2D eigenvalue weighted by Crippen LogP contribution is 2.35. The summed E-state index contributed by atoms with van der Waals surface area (Å²) >= 11 is -0.247. The Morgan fingerprint density at radius 1 is 1.06 bits per heavy atom. The predicted molar refractivity (Wildman–Crippen MR) is 139 cm³/mol. The predicted octanol–water partition coefficient (Wildman–Crippen LogP) is 5.33. The highest BCUT2D eigenvalue weighted by Gasteiger charge is 2.25. The highest BCUT2D eigenvalue weighted by molar-refractivity contribution is 14.1. The molecule has 0 saturated carbocycles. The summed E-state index contributed by atoms with van der Waals surface area (Å²) in [4.78, 5) is 22.0. The number of alkyl halides is 1. The third-order valence-electron chi connectivity index (χ3n) is 5.18. The van der Waals surface area contributed by atoms with E-state index in [0.29, 0.717) is 26.8 Å². The van der Waals surface area contributed by atoms with Crippen molar-refractivity contribution in [2.45, 2.75) is 17.4 Å². The van der Waals surface area contributed by atoms with E-state index in [1.807, 2.05) is 43.3 Å². The molecule has 0 aliphatic carbocycles. The van der Waals surface area contributed by atoms with Crippen LogP contribution in [0.2, 0.25) is 0 Å². The van der Waals surface area contributed by atoms with Gasteiger partial charge in [0.15, 0.2) is 0 Å². The Kier molecular flexibility index (Phi) is 7.31. The largest absolute Gasteiger partial charge is 0.345 e. The van der Waals surface area contributed by atoms with Gasteiger partial charge in [-0.3, -0.25) is 19.3 Å². The SMILES string of the molecule is CC(NC(=O)c1ccc(CI)cc1N(c1cccc2nccnc12)S(=O)O)c1ccccc1.